The van der Waals surface area contributed by atoms with Crippen molar-refractivity contribution in [1.29, 1.82) is 0 Å². The number of sulfonamides is 1. The molecule has 0 radical (unpaired) electrons. The average Bonchev–Trinajstić information content (AvgIpc) is 3.11. The van der Waals surface area contributed by atoms with Crippen molar-refractivity contribution in [2.75, 3.05) is 18.4 Å². The van der Waals surface area contributed by atoms with Crippen molar-refractivity contribution in [3.05, 3.63) is 47.4 Å². The third kappa shape index (κ3) is 4.53. The number of amides is 1. The summed E-state index contributed by atoms with van der Waals surface area (Å²) in [5.74, 6) is 0.562. The van der Waals surface area contributed by atoms with Crippen molar-refractivity contribution in [3.8, 4) is 0 Å². The number of benzene rings is 1. The first-order valence-corrected chi connectivity index (χ1v) is 10.2. The van der Waals surface area contributed by atoms with Crippen molar-refractivity contribution >= 4 is 21.6 Å². The van der Waals surface area contributed by atoms with E-state index < -0.39 is 10.0 Å². The third-order valence-electron chi connectivity index (χ3n) is 4.44. The molecule has 2 aromatic rings. The van der Waals surface area contributed by atoms with Gasteiger partial charge in [0.25, 0.3) is 0 Å². The number of nitrogens with zero attached hydrogens (tertiary/aromatic N) is 1. The number of hydrogen-bond acceptors (Lipinski definition) is 4. The van der Waals surface area contributed by atoms with Gasteiger partial charge in [-0.1, -0.05) is 13.8 Å². The summed E-state index contributed by atoms with van der Waals surface area (Å²) in [6.07, 6.45) is 2.33. The first-order chi connectivity index (χ1) is 12.3. The van der Waals surface area contributed by atoms with E-state index in [-0.39, 0.29) is 17.2 Å². The molecule has 142 valence electrons. The molecule has 0 bridgehead atoms. The van der Waals surface area contributed by atoms with E-state index in [0.29, 0.717) is 25.2 Å². The molecule has 0 saturated carbocycles. The van der Waals surface area contributed by atoms with Crippen LogP contribution in [-0.2, 0) is 21.2 Å². The minimum absolute atomic E-state index is 0.179. The average molecular weight is 378 g/mol. The molecule has 1 N–H and O–H groups in total. The van der Waals surface area contributed by atoms with E-state index in [9.17, 15) is 13.2 Å². The molecule has 0 aliphatic carbocycles. The lowest BCUT2D eigenvalue weighted by Gasteiger charge is -2.20. The van der Waals surface area contributed by atoms with Crippen molar-refractivity contribution < 1.29 is 17.6 Å². The zero-order chi connectivity index (χ0) is 19.3. The fourth-order valence-corrected chi connectivity index (χ4v) is 4.29. The number of furan rings is 1. The summed E-state index contributed by atoms with van der Waals surface area (Å²) in [7, 11) is -3.58. The van der Waals surface area contributed by atoms with Gasteiger partial charge in [0.2, 0.25) is 15.9 Å². The van der Waals surface area contributed by atoms with Crippen LogP contribution < -0.4 is 5.32 Å². The van der Waals surface area contributed by atoms with E-state index in [2.05, 4.69) is 5.32 Å². The molecule has 1 aromatic carbocycles. The summed E-state index contributed by atoms with van der Waals surface area (Å²) >= 11 is 0. The topological polar surface area (TPSA) is 79.6 Å². The number of carbonyl (C=O) groups is 1. The number of hydrogen-bond donors (Lipinski definition) is 1. The van der Waals surface area contributed by atoms with Crippen molar-refractivity contribution in [2.45, 2.75) is 45.4 Å². The lowest BCUT2D eigenvalue weighted by molar-refractivity contribution is -0.116. The van der Waals surface area contributed by atoms with Crippen LogP contribution in [0.3, 0.4) is 0 Å². The molecule has 0 fully saturated rings. The van der Waals surface area contributed by atoms with Crippen LogP contribution in [0.5, 0.6) is 0 Å². The van der Waals surface area contributed by atoms with Gasteiger partial charge in [-0.2, -0.15) is 4.31 Å². The second-order valence-electron chi connectivity index (χ2n) is 6.13. The number of aryl methyl sites for hydroxylation is 2. The molecule has 7 heteroatoms. The number of rotatable bonds is 8. The van der Waals surface area contributed by atoms with Gasteiger partial charge in [-0.3, -0.25) is 4.79 Å². The molecule has 0 saturated heterocycles. The summed E-state index contributed by atoms with van der Waals surface area (Å²) in [4.78, 5) is 12.5. The Morgan fingerprint density at radius 2 is 1.88 bits per heavy atom. The fourth-order valence-electron chi connectivity index (χ4n) is 2.72. The molecule has 1 aromatic heterocycles. The van der Waals surface area contributed by atoms with Crippen LogP contribution in [0.4, 0.5) is 5.69 Å². The predicted octanol–water partition coefficient (Wildman–Crippen LogP) is 3.50. The van der Waals surface area contributed by atoms with E-state index in [1.54, 1.807) is 38.3 Å². The number of carbonyl (C=O) groups excluding carboxylic acids is 1. The number of anilines is 1. The quantitative estimate of drug-likeness (QED) is 0.762. The van der Waals surface area contributed by atoms with E-state index in [0.717, 1.165) is 16.9 Å². The predicted molar refractivity (Wildman–Crippen MR) is 102 cm³/mol. The minimum Gasteiger partial charge on any atom is -0.469 e. The molecule has 0 aliphatic rings. The first kappa shape index (κ1) is 20.2. The van der Waals surface area contributed by atoms with Gasteiger partial charge in [0, 0.05) is 31.6 Å². The highest BCUT2D eigenvalue weighted by atomic mass is 32.2. The van der Waals surface area contributed by atoms with E-state index >= 15 is 0 Å². The minimum atomic E-state index is -3.58. The van der Waals surface area contributed by atoms with Crippen LogP contribution in [0.1, 0.15) is 37.2 Å². The molecule has 0 aliphatic heterocycles. The van der Waals surface area contributed by atoms with Gasteiger partial charge in [0.1, 0.15) is 5.76 Å². The summed E-state index contributed by atoms with van der Waals surface area (Å²) in [6.45, 7) is 8.12. The largest absolute Gasteiger partial charge is 0.469 e. The number of nitrogens with one attached hydrogen (secondary N) is 1. The molecule has 6 nitrogen and oxygen atoms in total. The zero-order valence-corrected chi connectivity index (χ0v) is 16.5. The highest BCUT2D eigenvalue weighted by molar-refractivity contribution is 7.89. The van der Waals surface area contributed by atoms with Gasteiger partial charge in [-0.15, -0.1) is 0 Å². The van der Waals surface area contributed by atoms with Crippen LogP contribution >= 0.6 is 0 Å². The van der Waals surface area contributed by atoms with Gasteiger partial charge < -0.3 is 9.73 Å². The van der Waals surface area contributed by atoms with Crippen LogP contribution in [0.2, 0.25) is 0 Å². The Bertz CT molecular complexity index is 854. The maximum atomic E-state index is 12.8. The second-order valence-corrected chi connectivity index (χ2v) is 8.07. The molecular formula is C19H26N2O4S. The summed E-state index contributed by atoms with van der Waals surface area (Å²) in [6, 6.07) is 6.80. The zero-order valence-electron chi connectivity index (χ0n) is 15.7. The molecule has 0 atom stereocenters. The Kier molecular flexibility index (Phi) is 6.61. The standard InChI is InChI=1S/C19H26N2O4S/c1-5-21(6-2)26(23,24)17-12-14(3)15(4)18(13-17)20-19(22)10-9-16-8-7-11-25-16/h7-8,11-13H,5-6,9-10H2,1-4H3,(H,20,22). The van der Waals surface area contributed by atoms with Crippen LogP contribution in [0.25, 0.3) is 0 Å². The molecule has 26 heavy (non-hydrogen) atoms. The Labute approximate surface area is 155 Å². The highest BCUT2D eigenvalue weighted by Gasteiger charge is 2.23. The second kappa shape index (κ2) is 8.51. The summed E-state index contributed by atoms with van der Waals surface area (Å²) in [5, 5.41) is 2.84. The molecule has 2 rings (SSSR count). The van der Waals surface area contributed by atoms with Crippen molar-refractivity contribution in [2.24, 2.45) is 0 Å². The Balaban J connectivity index is 2.23. The first-order valence-electron chi connectivity index (χ1n) is 8.73. The summed E-state index contributed by atoms with van der Waals surface area (Å²) in [5.41, 5.74) is 2.20. The van der Waals surface area contributed by atoms with Crippen molar-refractivity contribution in [1.82, 2.24) is 4.31 Å². The maximum absolute atomic E-state index is 12.8. The molecule has 0 spiro atoms. The Morgan fingerprint density at radius 3 is 2.46 bits per heavy atom. The van der Waals surface area contributed by atoms with E-state index in [1.807, 2.05) is 19.9 Å². The highest BCUT2D eigenvalue weighted by Crippen LogP contribution is 2.26. The molecule has 1 heterocycles. The lowest BCUT2D eigenvalue weighted by Crippen LogP contribution is -2.30. The molecular weight excluding hydrogens is 352 g/mol. The van der Waals surface area contributed by atoms with Crippen molar-refractivity contribution in [3.63, 3.8) is 0 Å². The smallest absolute Gasteiger partial charge is 0.243 e. The van der Waals surface area contributed by atoms with Crippen LogP contribution in [0, 0.1) is 13.8 Å². The van der Waals surface area contributed by atoms with Gasteiger partial charge in [0.15, 0.2) is 0 Å². The fraction of sp³-hybridized carbons (Fsp3) is 0.421. The molecule has 1 amide bonds. The van der Waals surface area contributed by atoms with Crippen LogP contribution in [-0.4, -0.2) is 31.7 Å². The monoisotopic (exact) mass is 378 g/mol. The summed E-state index contributed by atoms with van der Waals surface area (Å²) < 4.78 is 32.2. The van der Waals surface area contributed by atoms with Crippen LogP contribution in [0.15, 0.2) is 39.8 Å². The maximum Gasteiger partial charge on any atom is 0.243 e. The molecule has 0 unspecified atom stereocenters. The van der Waals surface area contributed by atoms with Gasteiger partial charge in [-0.25, -0.2) is 8.42 Å². The Morgan fingerprint density at radius 1 is 1.19 bits per heavy atom. The normalized spacial score (nSPS) is 11.7. The Hall–Kier alpha value is -2.12. The lowest BCUT2D eigenvalue weighted by atomic mass is 10.1. The van der Waals surface area contributed by atoms with E-state index in [1.165, 1.54) is 4.31 Å². The third-order valence-corrected chi connectivity index (χ3v) is 6.46. The van der Waals surface area contributed by atoms with Gasteiger partial charge in [0.05, 0.1) is 11.2 Å². The SMILES string of the molecule is CCN(CC)S(=O)(=O)c1cc(C)c(C)c(NC(=O)CCc2ccco2)c1. The van der Waals surface area contributed by atoms with E-state index in [4.69, 9.17) is 4.42 Å². The van der Waals surface area contributed by atoms with Gasteiger partial charge >= 0.3 is 0 Å². The van der Waals surface area contributed by atoms with Gasteiger partial charge in [-0.05, 0) is 49.2 Å².